The van der Waals surface area contributed by atoms with Crippen LogP contribution in [0, 0.1) is 23.2 Å². The molecule has 6 rings (SSSR count). The van der Waals surface area contributed by atoms with Crippen LogP contribution in [0.4, 0.5) is 0 Å². The summed E-state index contributed by atoms with van der Waals surface area (Å²) >= 11 is 0. The van der Waals surface area contributed by atoms with Gasteiger partial charge in [0.1, 0.15) is 11.5 Å². The molecule has 0 radical (unpaired) electrons. The van der Waals surface area contributed by atoms with Gasteiger partial charge in [-0.05, 0) is 74.5 Å². The topological polar surface area (TPSA) is 57.1 Å². The van der Waals surface area contributed by atoms with Crippen molar-refractivity contribution in [3.8, 4) is 11.5 Å². The van der Waals surface area contributed by atoms with Crippen molar-refractivity contribution in [3.63, 3.8) is 0 Å². The molecule has 1 aromatic carbocycles. The smallest absolute Gasteiger partial charge is 0.363 e. The summed E-state index contributed by atoms with van der Waals surface area (Å²) in [7, 11) is 3.22. The molecule has 1 aliphatic heterocycles. The standard InChI is InChI=1S/C22H25NO4/c1-25-17-4-3-16(19(9-17)26-2)8-18-20(24)27-21(23-18)22-10-13-5-14(11-22)7-15(6-13)12-22/h3-4,8-9,13-15H,5-7,10-12H2,1-2H3/b18-8-. The van der Waals surface area contributed by atoms with Gasteiger partial charge in [0.25, 0.3) is 0 Å². The molecular weight excluding hydrogens is 342 g/mol. The fourth-order valence-electron chi connectivity index (χ4n) is 6.09. The number of rotatable bonds is 4. The number of carbonyl (C=O) groups is 1. The van der Waals surface area contributed by atoms with Gasteiger partial charge < -0.3 is 14.2 Å². The number of ether oxygens (including phenoxy) is 3. The second-order valence-corrected chi connectivity index (χ2v) is 8.64. The lowest BCUT2D eigenvalue weighted by Crippen LogP contribution is -2.50. The molecular formula is C22H25NO4. The Bertz CT molecular complexity index is 819. The fourth-order valence-corrected chi connectivity index (χ4v) is 6.09. The summed E-state index contributed by atoms with van der Waals surface area (Å²) in [6, 6.07) is 5.52. The maximum Gasteiger partial charge on any atom is 0.363 e. The minimum absolute atomic E-state index is 0.00993. The third-order valence-electron chi connectivity index (χ3n) is 6.85. The first-order chi connectivity index (χ1) is 13.1. The van der Waals surface area contributed by atoms with Crippen LogP contribution in [0.2, 0.25) is 0 Å². The Hall–Kier alpha value is -2.30. The van der Waals surface area contributed by atoms with E-state index < -0.39 is 0 Å². The summed E-state index contributed by atoms with van der Waals surface area (Å²) in [5.74, 6) is 4.03. The molecule has 0 unspecified atom stereocenters. The van der Waals surface area contributed by atoms with Crippen molar-refractivity contribution in [2.45, 2.75) is 38.5 Å². The zero-order valence-corrected chi connectivity index (χ0v) is 15.9. The van der Waals surface area contributed by atoms with Crippen LogP contribution in [0.15, 0.2) is 28.9 Å². The minimum atomic E-state index is -0.349. The molecule has 4 fully saturated rings. The van der Waals surface area contributed by atoms with Crippen molar-refractivity contribution in [1.29, 1.82) is 0 Å². The van der Waals surface area contributed by atoms with Gasteiger partial charge in [0.2, 0.25) is 5.90 Å². The average molecular weight is 367 g/mol. The number of methoxy groups -OCH3 is 2. The van der Waals surface area contributed by atoms with Crippen LogP contribution in [0.1, 0.15) is 44.1 Å². The molecule has 4 bridgehead atoms. The van der Waals surface area contributed by atoms with Gasteiger partial charge in [0, 0.05) is 17.0 Å². The van der Waals surface area contributed by atoms with Gasteiger partial charge in [-0.1, -0.05) is 0 Å². The molecule has 0 spiro atoms. The first-order valence-corrected chi connectivity index (χ1v) is 9.83. The number of esters is 1. The number of benzene rings is 1. The van der Waals surface area contributed by atoms with Crippen molar-refractivity contribution in [3.05, 3.63) is 29.5 Å². The van der Waals surface area contributed by atoms with E-state index in [0.29, 0.717) is 23.1 Å². The van der Waals surface area contributed by atoms with Crippen molar-refractivity contribution < 1.29 is 19.0 Å². The number of carbonyl (C=O) groups excluding carboxylic acids is 1. The summed E-state index contributed by atoms with van der Waals surface area (Å²) in [4.78, 5) is 17.2. The maximum atomic E-state index is 12.5. The van der Waals surface area contributed by atoms with E-state index in [0.717, 1.165) is 42.6 Å². The van der Waals surface area contributed by atoms with E-state index in [1.807, 2.05) is 12.1 Å². The summed E-state index contributed by atoms with van der Waals surface area (Å²) in [6.45, 7) is 0. The number of aliphatic imine (C=N–C) groups is 1. The Kier molecular flexibility index (Phi) is 3.81. The molecule has 5 heteroatoms. The lowest BCUT2D eigenvalue weighted by atomic mass is 9.49. The highest BCUT2D eigenvalue weighted by Gasteiger charge is 2.55. The Labute approximate surface area is 159 Å². The molecule has 5 aliphatic rings. The Morgan fingerprint density at radius 2 is 1.74 bits per heavy atom. The van der Waals surface area contributed by atoms with Gasteiger partial charge in [-0.2, -0.15) is 0 Å². The van der Waals surface area contributed by atoms with Crippen molar-refractivity contribution in [2.75, 3.05) is 14.2 Å². The van der Waals surface area contributed by atoms with Crippen LogP contribution >= 0.6 is 0 Å². The highest BCUT2D eigenvalue weighted by Crippen LogP contribution is 2.61. The zero-order valence-electron chi connectivity index (χ0n) is 15.9. The molecule has 142 valence electrons. The number of hydrogen-bond acceptors (Lipinski definition) is 5. The molecule has 1 aromatic rings. The number of hydrogen-bond donors (Lipinski definition) is 0. The molecule has 4 saturated carbocycles. The molecule has 0 aromatic heterocycles. The van der Waals surface area contributed by atoms with Gasteiger partial charge >= 0.3 is 5.97 Å². The van der Waals surface area contributed by atoms with E-state index in [2.05, 4.69) is 0 Å². The van der Waals surface area contributed by atoms with Gasteiger partial charge in [-0.15, -0.1) is 0 Å². The second-order valence-electron chi connectivity index (χ2n) is 8.64. The number of nitrogens with zero attached hydrogens (tertiary/aromatic N) is 1. The van der Waals surface area contributed by atoms with Crippen LogP contribution in [0.25, 0.3) is 6.08 Å². The summed E-state index contributed by atoms with van der Waals surface area (Å²) in [5.41, 5.74) is 1.15. The van der Waals surface area contributed by atoms with Crippen molar-refractivity contribution in [1.82, 2.24) is 0 Å². The van der Waals surface area contributed by atoms with Crippen LogP contribution < -0.4 is 9.47 Å². The molecule has 5 nitrogen and oxygen atoms in total. The van der Waals surface area contributed by atoms with Gasteiger partial charge in [-0.3, -0.25) is 0 Å². The predicted molar refractivity (Wildman–Crippen MR) is 102 cm³/mol. The van der Waals surface area contributed by atoms with Gasteiger partial charge in [0.05, 0.1) is 14.2 Å². The van der Waals surface area contributed by atoms with Crippen molar-refractivity contribution in [2.24, 2.45) is 28.2 Å². The Morgan fingerprint density at radius 1 is 1.07 bits per heavy atom. The average Bonchev–Trinajstić information content (AvgIpc) is 3.02. The normalized spacial score (nSPS) is 35.3. The quantitative estimate of drug-likeness (QED) is 0.591. The van der Waals surface area contributed by atoms with Gasteiger partial charge in [-0.25, -0.2) is 9.79 Å². The van der Waals surface area contributed by atoms with E-state index in [9.17, 15) is 4.79 Å². The van der Waals surface area contributed by atoms with E-state index in [1.54, 1.807) is 26.4 Å². The first kappa shape index (κ1) is 16.8. The van der Waals surface area contributed by atoms with Crippen LogP contribution in [0.5, 0.6) is 11.5 Å². The largest absolute Gasteiger partial charge is 0.497 e. The van der Waals surface area contributed by atoms with Crippen LogP contribution in [0.3, 0.4) is 0 Å². The van der Waals surface area contributed by atoms with E-state index in [1.165, 1.54) is 19.3 Å². The van der Waals surface area contributed by atoms with E-state index in [4.69, 9.17) is 19.2 Å². The molecule has 4 aliphatic carbocycles. The lowest BCUT2D eigenvalue weighted by molar-refractivity contribution is -0.131. The van der Waals surface area contributed by atoms with Crippen LogP contribution in [-0.2, 0) is 9.53 Å². The Balaban J connectivity index is 1.48. The summed E-state index contributed by atoms with van der Waals surface area (Å²) in [6.07, 6.45) is 9.21. The molecule has 27 heavy (non-hydrogen) atoms. The maximum absolute atomic E-state index is 12.5. The molecule has 0 N–H and O–H groups in total. The molecule has 0 saturated heterocycles. The Morgan fingerprint density at radius 3 is 2.33 bits per heavy atom. The van der Waals surface area contributed by atoms with Gasteiger partial charge in [0.15, 0.2) is 5.70 Å². The summed E-state index contributed by atoms with van der Waals surface area (Å²) < 4.78 is 16.4. The SMILES string of the molecule is COc1ccc(/C=C2\N=C(C34CC5CC(CC(C5)C3)C4)OC2=O)c(OC)c1. The lowest BCUT2D eigenvalue weighted by Gasteiger charge is -2.55. The molecule has 1 heterocycles. The fraction of sp³-hybridized carbons (Fsp3) is 0.545. The van der Waals surface area contributed by atoms with Crippen LogP contribution in [-0.4, -0.2) is 26.1 Å². The molecule has 0 atom stereocenters. The predicted octanol–water partition coefficient (Wildman–Crippen LogP) is 4.22. The third kappa shape index (κ3) is 2.75. The monoisotopic (exact) mass is 367 g/mol. The second kappa shape index (κ2) is 6.11. The first-order valence-electron chi connectivity index (χ1n) is 9.83. The molecule has 0 amide bonds. The van der Waals surface area contributed by atoms with E-state index >= 15 is 0 Å². The van der Waals surface area contributed by atoms with Crippen molar-refractivity contribution >= 4 is 17.9 Å². The highest BCUT2D eigenvalue weighted by atomic mass is 16.6. The highest BCUT2D eigenvalue weighted by molar-refractivity contribution is 6.09. The summed E-state index contributed by atoms with van der Waals surface area (Å²) in [5, 5.41) is 0. The van der Waals surface area contributed by atoms with E-state index in [-0.39, 0.29) is 11.4 Å². The minimum Gasteiger partial charge on any atom is -0.497 e. The zero-order chi connectivity index (χ0) is 18.6. The number of cyclic esters (lactones) is 1. The third-order valence-corrected chi connectivity index (χ3v) is 6.85.